The summed E-state index contributed by atoms with van der Waals surface area (Å²) in [6, 6.07) is 7.25. The number of aromatic nitrogens is 2. The van der Waals surface area contributed by atoms with Crippen molar-refractivity contribution in [3.8, 4) is 0 Å². The van der Waals surface area contributed by atoms with Crippen molar-refractivity contribution in [2.75, 3.05) is 23.7 Å². The second-order valence-corrected chi connectivity index (χ2v) is 4.23. The molecule has 0 aliphatic carbocycles. The maximum atomic E-state index is 12.3. The van der Waals surface area contributed by atoms with E-state index in [2.05, 4.69) is 20.6 Å². The van der Waals surface area contributed by atoms with Crippen molar-refractivity contribution in [3.05, 3.63) is 24.3 Å². The Balaban J connectivity index is 2.29. The van der Waals surface area contributed by atoms with Gasteiger partial charge in [0.1, 0.15) is 11.9 Å². The summed E-state index contributed by atoms with van der Waals surface area (Å²) in [5, 5.41) is 15.6. The predicted molar refractivity (Wildman–Crippen MR) is 74.2 cm³/mol. The molecule has 7 heteroatoms. The molecule has 0 aliphatic rings. The molecule has 0 saturated carbocycles. The molecular formula is C13H16F2N4O. The number of rotatable bonds is 6. The first-order chi connectivity index (χ1) is 9.61. The number of fused-ring (bicyclic) bond motifs is 1. The van der Waals surface area contributed by atoms with Crippen molar-refractivity contribution < 1.29 is 13.9 Å². The van der Waals surface area contributed by atoms with Gasteiger partial charge in [0.05, 0.1) is 5.52 Å². The number of hydrogen-bond acceptors (Lipinski definition) is 5. The molecule has 1 unspecified atom stereocenters. The molecule has 0 amide bonds. The Morgan fingerprint density at radius 1 is 1.20 bits per heavy atom. The maximum absolute atomic E-state index is 12.3. The lowest BCUT2D eigenvalue weighted by Gasteiger charge is -2.14. The van der Waals surface area contributed by atoms with Gasteiger partial charge in [0.15, 0.2) is 0 Å². The highest BCUT2D eigenvalue weighted by molar-refractivity contribution is 5.90. The largest absolute Gasteiger partial charge is 0.385 e. The molecule has 1 aromatic carbocycles. The van der Waals surface area contributed by atoms with Crippen molar-refractivity contribution in [2.24, 2.45) is 0 Å². The van der Waals surface area contributed by atoms with Crippen LogP contribution < -0.4 is 10.6 Å². The van der Waals surface area contributed by atoms with Crippen LogP contribution >= 0.6 is 0 Å². The summed E-state index contributed by atoms with van der Waals surface area (Å²) in [7, 11) is 0. The van der Waals surface area contributed by atoms with Crippen LogP contribution in [0.15, 0.2) is 24.3 Å². The van der Waals surface area contributed by atoms with Gasteiger partial charge < -0.3 is 15.7 Å². The molecule has 1 heterocycles. The molecular weight excluding hydrogens is 266 g/mol. The summed E-state index contributed by atoms with van der Waals surface area (Å²) in [5.74, 6) is 0.839. The van der Waals surface area contributed by atoms with Crippen LogP contribution in [0, 0.1) is 0 Å². The van der Waals surface area contributed by atoms with Crippen molar-refractivity contribution in [3.63, 3.8) is 0 Å². The van der Waals surface area contributed by atoms with E-state index >= 15 is 0 Å². The van der Waals surface area contributed by atoms with E-state index in [0.29, 0.717) is 23.8 Å². The fourth-order valence-electron chi connectivity index (χ4n) is 1.74. The molecule has 0 fully saturated rings. The van der Waals surface area contributed by atoms with Gasteiger partial charge in [-0.15, -0.1) is 0 Å². The molecule has 2 aromatic rings. The Morgan fingerprint density at radius 2 is 1.95 bits per heavy atom. The van der Waals surface area contributed by atoms with E-state index in [1.54, 1.807) is 6.07 Å². The van der Waals surface area contributed by atoms with E-state index in [-0.39, 0.29) is 6.54 Å². The lowest BCUT2D eigenvalue weighted by atomic mass is 10.2. The van der Waals surface area contributed by atoms with Crippen LogP contribution in [0.4, 0.5) is 20.5 Å². The van der Waals surface area contributed by atoms with Gasteiger partial charge in [-0.05, 0) is 19.1 Å². The number of aliphatic hydroxyl groups is 1. The molecule has 5 nitrogen and oxygen atoms in total. The first-order valence-corrected chi connectivity index (χ1v) is 6.32. The fraction of sp³-hybridized carbons (Fsp3) is 0.385. The number of nitrogens with one attached hydrogen (secondary N) is 2. The van der Waals surface area contributed by atoms with Crippen molar-refractivity contribution in [1.29, 1.82) is 0 Å². The van der Waals surface area contributed by atoms with Crippen LogP contribution in [0.25, 0.3) is 10.9 Å². The number of nitrogens with zero attached hydrogens (tertiary/aromatic N) is 2. The number of anilines is 2. The van der Waals surface area contributed by atoms with E-state index in [4.69, 9.17) is 5.11 Å². The SMILES string of the molecule is CCNc1nc(NCC(O)C(F)F)c2ccccc2n1. The molecule has 0 spiro atoms. The second-order valence-electron chi connectivity index (χ2n) is 4.23. The Kier molecular flexibility index (Phi) is 4.62. The minimum absolute atomic E-state index is 0.274. The lowest BCUT2D eigenvalue weighted by molar-refractivity contribution is 0.00382. The lowest BCUT2D eigenvalue weighted by Crippen LogP contribution is -2.27. The molecule has 0 saturated heterocycles. The van der Waals surface area contributed by atoms with Gasteiger partial charge in [-0.1, -0.05) is 12.1 Å². The third kappa shape index (κ3) is 3.30. The van der Waals surface area contributed by atoms with Gasteiger partial charge in [-0.2, -0.15) is 4.98 Å². The van der Waals surface area contributed by atoms with Crippen LogP contribution in [-0.4, -0.2) is 40.7 Å². The summed E-state index contributed by atoms with van der Waals surface area (Å²) >= 11 is 0. The van der Waals surface area contributed by atoms with E-state index in [1.807, 2.05) is 25.1 Å². The first-order valence-electron chi connectivity index (χ1n) is 6.32. The minimum Gasteiger partial charge on any atom is -0.385 e. The predicted octanol–water partition coefficient (Wildman–Crippen LogP) is 2.10. The van der Waals surface area contributed by atoms with Crippen LogP contribution in [0.3, 0.4) is 0 Å². The van der Waals surface area contributed by atoms with Crippen LogP contribution in [0.1, 0.15) is 6.92 Å². The Labute approximate surface area is 115 Å². The Bertz CT molecular complexity index is 579. The Hall–Kier alpha value is -2.02. The van der Waals surface area contributed by atoms with Gasteiger partial charge in [-0.3, -0.25) is 0 Å². The Morgan fingerprint density at radius 3 is 2.65 bits per heavy atom. The third-order valence-electron chi connectivity index (χ3n) is 2.71. The molecule has 1 aromatic heterocycles. The zero-order valence-electron chi connectivity index (χ0n) is 11.0. The highest BCUT2D eigenvalue weighted by Gasteiger charge is 2.17. The smallest absolute Gasteiger partial charge is 0.265 e. The van der Waals surface area contributed by atoms with Gasteiger partial charge >= 0.3 is 0 Å². The maximum Gasteiger partial charge on any atom is 0.265 e. The number of alkyl halides is 2. The zero-order chi connectivity index (χ0) is 14.5. The van der Waals surface area contributed by atoms with E-state index in [9.17, 15) is 8.78 Å². The molecule has 108 valence electrons. The summed E-state index contributed by atoms with van der Waals surface area (Å²) in [6.07, 6.45) is -4.52. The normalized spacial score (nSPS) is 12.7. The number of para-hydroxylation sites is 1. The van der Waals surface area contributed by atoms with Gasteiger partial charge in [0.2, 0.25) is 5.95 Å². The summed E-state index contributed by atoms with van der Waals surface area (Å²) in [6.45, 7) is 2.29. The number of halogens is 2. The number of hydrogen-bond donors (Lipinski definition) is 3. The molecule has 20 heavy (non-hydrogen) atoms. The van der Waals surface area contributed by atoms with E-state index in [0.717, 1.165) is 5.39 Å². The summed E-state index contributed by atoms with van der Waals surface area (Å²) in [4.78, 5) is 8.55. The molecule has 0 aliphatic heterocycles. The van der Waals surface area contributed by atoms with Crippen molar-refractivity contribution >= 4 is 22.7 Å². The van der Waals surface area contributed by atoms with Crippen LogP contribution in [0.5, 0.6) is 0 Å². The van der Waals surface area contributed by atoms with Gasteiger partial charge in [-0.25, -0.2) is 13.8 Å². The van der Waals surface area contributed by atoms with Crippen LogP contribution in [-0.2, 0) is 0 Å². The number of aliphatic hydroxyl groups excluding tert-OH is 1. The van der Waals surface area contributed by atoms with Crippen LogP contribution in [0.2, 0.25) is 0 Å². The van der Waals surface area contributed by atoms with E-state index < -0.39 is 12.5 Å². The average Bonchev–Trinajstić information content (AvgIpc) is 2.44. The molecule has 0 radical (unpaired) electrons. The zero-order valence-corrected chi connectivity index (χ0v) is 11.0. The van der Waals surface area contributed by atoms with Gasteiger partial charge in [0.25, 0.3) is 6.43 Å². The summed E-state index contributed by atoms with van der Waals surface area (Å²) < 4.78 is 24.6. The topological polar surface area (TPSA) is 70.1 Å². The second kappa shape index (κ2) is 6.42. The van der Waals surface area contributed by atoms with E-state index in [1.165, 1.54) is 0 Å². The highest BCUT2D eigenvalue weighted by atomic mass is 19.3. The molecule has 3 N–H and O–H groups in total. The molecule has 1 atom stereocenters. The average molecular weight is 282 g/mol. The van der Waals surface area contributed by atoms with Crippen molar-refractivity contribution in [1.82, 2.24) is 9.97 Å². The van der Waals surface area contributed by atoms with Crippen molar-refractivity contribution in [2.45, 2.75) is 19.5 Å². The monoisotopic (exact) mass is 282 g/mol. The molecule has 2 rings (SSSR count). The number of benzene rings is 1. The van der Waals surface area contributed by atoms with Gasteiger partial charge in [0, 0.05) is 18.5 Å². The summed E-state index contributed by atoms with van der Waals surface area (Å²) in [5.41, 5.74) is 0.701. The third-order valence-corrected chi connectivity index (χ3v) is 2.71. The highest BCUT2D eigenvalue weighted by Crippen LogP contribution is 2.21. The first kappa shape index (κ1) is 14.4. The molecule has 0 bridgehead atoms. The minimum atomic E-state index is -2.79. The quantitative estimate of drug-likeness (QED) is 0.757. The standard InChI is InChI=1S/C13H16F2N4O/c1-2-16-13-18-9-6-4-3-5-8(9)12(19-13)17-7-10(20)11(14)15/h3-6,10-11,20H,2,7H2,1H3,(H2,16,17,18,19). The fourth-order valence-corrected chi connectivity index (χ4v) is 1.74.